The van der Waals surface area contributed by atoms with Gasteiger partial charge in [-0.15, -0.1) is 11.6 Å². The Kier molecular flexibility index (Phi) is 5.11. The lowest BCUT2D eigenvalue weighted by molar-refractivity contribution is 0.353. The number of nitrogens with one attached hydrogen (secondary N) is 1. The van der Waals surface area contributed by atoms with Gasteiger partial charge >= 0.3 is 0 Å². The van der Waals surface area contributed by atoms with Crippen LogP contribution in [0, 0.1) is 0 Å². The zero-order valence-corrected chi connectivity index (χ0v) is 13.4. The molecule has 1 aromatic rings. The number of halogens is 2. The SMILES string of the molecule is O=S(=O)(CCCCl)NCc1cc(Br)cc2c1OCC2. The summed E-state index contributed by atoms with van der Waals surface area (Å²) in [5.74, 6) is 1.20. The minimum atomic E-state index is -3.28. The summed E-state index contributed by atoms with van der Waals surface area (Å²) in [6.07, 6.45) is 1.31. The molecule has 0 spiro atoms. The lowest BCUT2D eigenvalue weighted by Gasteiger charge is -2.10. The molecule has 1 aromatic carbocycles. The van der Waals surface area contributed by atoms with Gasteiger partial charge in [-0.3, -0.25) is 0 Å². The van der Waals surface area contributed by atoms with Crippen LogP contribution in [0.3, 0.4) is 0 Å². The van der Waals surface area contributed by atoms with Crippen LogP contribution < -0.4 is 9.46 Å². The number of fused-ring (bicyclic) bond motifs is 1. The van der Waals surface area contributed by atoms with Crippen LogP contribution in [0.2, 0.25) is 0 Å². The quantitative estimate of drug-likeness (QED) is 0.785. The van der Waals surface area contributed by atoms with Gasteiger partial charge in [-0.1, -0.05) is 15.9 Å². The number of benzene rings is 1. The van der Waals surface area contributed by atoms with Crippen molar-refractivity contribution in [2.45, 2.75) is 19.4 Å². The fraction of sp³-hybridized carbons (Fsp3) is 0.500. The van der Waals surface area contributed by atoms with Gasteiger partial charge in [0.15, 0.2) is 0 Å². The van der Waals surface area contributed by atoms with Gasteiger partial charge in [0.05, 0.1) is 12.4 Å². The summed E-state index contributed by atoms with van der Waals surface area (Å²) in [5.41, 5.74) is 1.97. The molecule has 0 fully saturated rings. The van der Waals surface area contributed by atoms with Crippen molar-refractivity contribution in [2.24, 2.45) is 0 Å². The van der Waals surface area contributed by atoms with Gasteiger partial charge in [-0.05, 0) is 24.1 Å². The standard InChI is InChI=1S/C12H15BrClNO3S/c13-11-6-9-2-4-18-12(9)10(7-11)8-15-19(16,17)5-1-3-14/h6-7,15H,1-5,8H2. The zero-order valence-electron chi connectivity index (χ0n) is 10.3. The summed E-state index contributed by atoms with van der Waals surface area (Å²) in [4.78, 5) is 0. The molecule has 2 rings (SSSR count). The molecule has 1 aliphatic heterocycles. The predicted octanol–water partition coefficient (Wildman–Crippen LogP) is 2.43. The van der Waals surface area contributed by atoms with E-state index in [1.165, 1.54) is 0 Å². The van der Waals surface area contributed by atoms with Crippen molar-refractivity contribution < 1.29 is 13.2 Å². The lowest BCUT2D eigenvalue weighted by atomic mass is 10.1. The van der Waals surface area contributed by atoms with Crippen molar-refractivity contribution in [3.63, 3.8) is 0 Å². The van der Waals surface area contributed by atoms with E-state index in [1.807, 2.05) is 12.1 Å². The molecule has 0 atom stereocenters. The van der Waals surface area contributed by atoms with Crippen LogP contribution in [0.5, 0.6) is 5.75 Å². The van der Waals surface area contributed by atoms with Gasteiger partial charge in [0.25, 0.3) is 0 Å². The Bertz CT molecular complexity index is 562. The first kappa shape index (κ1) is 15.1. The summed E-state index contributed by atoms with van der Waals surface area (Å²) in [5, 5.41) is 0. The maximum atomic E-state index is 11.7. The van der Waals surface area contributed by atoms with Gasteiger partial charge in [0.1, 0.15) is 5.75 Å². The highest BCUT2D eigenvalue weighted by molar-refractivity contribution is 9.10. The maximum absolute atomic E-state index is 11.7. The van der Waals surface area contributed by atoms with Crippen LogP contribution in [-0.4, -0.2) is 26.7 Å². The minimum Gasteiger partial charge on any atom is -0.493 e. The van der Waals surface area contributed by atoms with E-state index in [1.54, 1.807) is 0 Å². The van der Waals surface area contributed by atoms with Gasteiger partial charge in [0.2, 0.25) is 10.0 Å². The van der Waals surface area contributed by atoms with Crippen molar-refractivity contribution in [2.75, 3.05) is 18.2 Å². The van der Waals surface area contributed by atoms with Crippen molar-refractivity contribution >= 4 is 37.6 Å². The predicted molar refractivity (Wildman–Crippen MR) is 79.3 cm³/mol. The average molecular weight is 369 g/mol. The van der Waals surface area contributed by atoms with E-state index in [0.29, 0.717) is 18.9 Å². The van der Waals surface area contributed by atoms with Crippen LogP contribution in [-0.2, 0) is 23.0 Å². The molecule has 0 saturated carbocycles. The average Bonchev–Trinajstić information content (AvgIpc) is 2.81. The normalized spacial score (nSPS) is 14.2. The lowest BCUT2D eigenvalue weighted by Crippen LogP contribution is -2.26. The molecule has 4 nitrogen and oxygen atoms in total. The minimum absolute atomic E-state index is 0.0492. The Morgan fingerprint density at radius 1 is 1.42 bits per heavy atom. The van der Waals surface area contributed by atoms with E-state index in [-0.39, 0.29) is 12.3 Å². The smallest absolute Gasteiger partial charge is 0.211 e. The third-order valence-corrected chi connectivity index (χ3v) is 4.99. The fourth-order valence-electron chi connectivity index (χ4n) is 1.98. The molecular weight excluding hydrogens is 354 g/mol. The number of ether oxygens (including phenoxy) is 1. The molecular formula is C12H15BrClNO3S. The van der Waals surface area contributed by atoms with E-state index < -0.39 is 10.0 Å². The monoisotopic (exact) mass is 367 g/mol. The van der Waals surface area contributed by atoms with Crippen molar-refractivity contribution in [3.8, 4) is 5.75 Å². The highest BCUT2D eigenvalue weighted by atomic mass is 79.9. The number of hydrogen-bond donors (Lipinski definition) is 1. The van der Waals surface area contributed by atoms with Crippen LogP contribution in [0.25, 0.3) is 0 Å². The fourth-order valence-corrected chi connectivity index (χ4v) is 3.87. The second-order valence-electron chi connectivity index (χ2n) is 4.33. The summed E-state index contributed by atoms with van der Waals surface area (Å²) in [6, 6.07) is 3.89. The van der Waals surface area contributed by atoms with E-state index in [0.717, 1.165) is 27.8 Å². The van der Waals surface area contributed by atoms with Gasteiger partial charge in [0, 0.05) is 28.9 Å². The molecule has 0 amide bonds. The topological polar surface area (TPSA) is 55.4 Å². The third-order valence-electron chi connectivity index (χ3n) is 2.85. The summed E-state index contributed by atoms with van der Waals surface area (Å²) >= 11 is 8.93. The molecule has 1 aliphatic rings. The third kappa shape index (κ3) is 4.08. The molecule has 0 saturated heterocycles. The molecule has 0 aliphatic carbocycles. The van der Waals surface area contributed by atoms with E-state index >= 15 is 0 Å². The van der Waals surface area contributed by atoms with E-state index in [9.17, 15) is 8.42 Å². The first-order valence-corrected chi connectivity index (χ1v) is 8.97. The molecule has 0 bridgehead atoms. The van der Waals surface area contributed by atoms with E-state index in [2.05, 4.69) is 20.7 Å². The molecule has 0 unspecified atom stereocenters. The van der Waals surface area contributed by atoms with Crippen molar-refractivity contribution in [1.82, 2.24) is 4.72 Å². The van der Waals surface area contributed by atoms with Crippen LogP contribution >= 0.6 is 27.5 Å². The van der Waals surface area contributed by atoms with Gasteiger partial charge < -0.3 is 4.74 Å². The van der Waals surface area contributed by atoms with E-state index in [4.69, 9.17) is 16.3 Å². The summed E-state index contributed by atoms with van der Waals surface area (Å²) in [7, 11) is -3.28. The largest absolute Gasteiger partial charge is 0.493 e. The molecule has 1 heterocycles. The van der Waals surface area contributed by atoms with Gasteiger partial charge in [-0.2, -0.15) is 0 Å². The molecule has 0 aromatic heterocycles. The van der Waals surface area contributed by atoms with Crippen molar-refractivity contribution in [3.05, 3.63) is 27.7 Å². The Labute approximate surface area is 126 Å². The Balaban J connectivity index is 2.08. The Hall–Kier alpha value is -0.300. The number of hydrogen-bond acceptors (Lipinski definition) is 3. The van der Waals surface area contributed by atoms with Gasteiger partial charge in [-0.25, -0.2) is 13.1 Å². The molecule has 0 radical (unpaired) electrons. The molecule has 106 valence electrons. The first-order chi connectivity index (χ1) is 9.02. The highest BCUT2D eigenvalue weighted by Crippen LogP contribution is 2.32. The summed E-state index contributed by atoms with van der Waals surface area (Å²) < 4.78 is 32.5. The second-order valence-corrected chi connectivity index (χ2v) is 7.55. The second kappa shape index (κ2) is 6.43. The summed E-state index contributed by atoms with van der Waals surface area (Å²) in [6.45, 7) is 0.893. The maximum Gasteiger partial charge on any atom is 0.211 e. The van der Waals surface area contributed by atoms with Crippen LogP contribution in [0.4, 0.5) is 0 Å². The molecule has 7 heteroatoms. The first-order valence-electron chi connectivity index (χ1n) is 5.99. The van der Waals surface area contributed by atoms with Crippen LogP contribution in [0.1, 0.15) is 17.5 Å². The Morgan fingerprint density at radius 3 is 2.95 bits per heavy atom. The molecule has 1 N–H and O–H groups in total. The van der Waals surface area contributed by atoms with Crippen LogP contribution in [0.15, 0.2) is 16.6 Å². The Morgan fingerprint density at radius 2 is 2.21 bits per heavy atom. The number of rotatable bonds is 6. The zero-order chi connectivity index (χ0) is 13.9. The highest BCUT2D eigenvalue weighted by Gasteiger charge is 2.18. The molecule has 19 heavy (non-hydrogen) atoms. The van der Waals surface area contributed by atoms with Crippen molar-refractivity contribution in [1.29, 1.82) is 0 Å². The number of sulfonamides is 1. The number of alkyl halides is 1.